The van der Waals surface area contributed by atoms with E-state index in [4.69, 9.17) is 17.3 Å². The summed E-state index contributed by atoms with van der Waals surface area (Å²) in [5, 5.41) is 0.209. The molecule has 0 aliphatic heterocycles. The second-order valence-electron chi connectivity index (χ2n) is 4.99. The zero-order chi connectivity index (χ0) is 15.2. The molecule has 0 aromatic heterocycles. The molecule has 4 nitrogen and oxygen atoms in total. The van der Waals surface area contributed by atoms with Crippen LogP contribution in [0.5, 0.6) is 0 Å². The minimum Gasteiger partial charge on any atom is -0.326 e. The highest BCUT2D eigenvalue weighted by molar-refractivity contribution is 7.89. The first-order chi connectivity index (χ1) is 9.40. The number of benzene rings is 1. The fraction of sp³-hybridized carbons (Fsp3) is 0.571. The molecule has 6 heteroatoms. The Morgan fingerprint density at radius 2 is 2.05 bits per heavy atom. The van der Waals surface area contributed by atoms with Crippen molar-refractivity contribution in [1.29, 1.82) is 0 Å². The van der Waals surface area contributed by atoms with Crippen LogP contribution in [0.15, 0.2) is 23.1 Å². The van der Waals surface area contributed by atoms with Gasteiger partial charge in [0, 0.05) is 12.6 Å². The molecule has 0 heterocycles. The van der Waals surface area contributed by atoms with Gasteiger partial charge in [-0.15, -0.1) is 0 Å². The summed E-state index contributed by atoms with van der Waals surface area (Å²) in [5.74, 6) is 0. The van der Waals surface area contributed by atoms with Gasteiger partial charge in [0.15, 0.2) is 0 Å². The Labute approximate surface area is 126 Å². The summed E-state index contributed by atoms with van der Waals surface area (Å²) in [6.45, 7) is 4.32. The van der Waals surface area contributed by atoms with Crippen LogP contribution in [-0.4, -0.2) is 14.5 Å². The first kappa shape index (κ1) is 17.4. The zero-order valence-corrected chi connectivity index (χ0v) is 13.6. The summed E-state index contributed by atoms with van der Waals surface area (Å²) in [5.41, 5.74) is 6.31. The van der Waals surface area contributed by atoms with Crippen molar-refractivity contribution in [3.63, 3.8) is 0 Å². The third-order valence-corrected chi connectivity index (χ3v) is 5.19. The summed E-state index contributed by atoms with van der Waals surface area (Å²) in [4.78, 5) is 0.110. The molecule has 1 aromatic carbocycles. The van der Waals surface area contributed by atoms with Gasteiger partial charge in [0.1, 0.15) is 4.90 Å². The third-order valence-electron chi connectivity index (χ3n) is 3.12. The van der Waals surface area contributed by atoms with Crippen molar-refractivity contribution in [3.8, 4) is 0 Å². The number of hydrogen-bond donors (Lipinski definition) is 2. The molecule has 0 bridgehead atoms. The fourth-order valence-electron chi connectivity index (χ4n) is 1.98. The largest absolute Gasteiger partial charge is 0.326 e. The summed E-state index contributed by atoms with van der Waals surface area (Å²) in [6, 6.07) is 4.68. The second kappa shape index (κ2) is 7.98. The maximum Gasteiger partial charge on any atom is 0.242 e. The molecule has 1 aromatic rings. The van der Waals surface area contributed by atoms with Gasteiger partial charge in [0.2, 0.25) is 10.0 Å². The van der Waals surface area contributed by atoms with E-state index in [-0.39, 0.29) is 16.0 Å². The van der Waals surface area contributed by atoms with Gasteiger partial charge in [0.25, 0.3) is 0 Å². The summed E-state index contributed by atoms with van der Waals surface area (Å²) >= 11 is 6.03. The second-order valence-corrected chi connectivity index (χ2v) is 7.08. The molecular formula is C14H23ClN2O2S. The van der Waals surface area contributed by atoms with E-state index in [1.54, 1.807) is 12.1 Å². The molecule has 1 atom stereocenters. The molecule has 20 heavy (non-hydrogen) atoms. The highest BCUT2D eigenvalue weighted by atomic mass is 35.5. The van der Waals surface area contributed by atoms with Crippen LogP contribution in [0.4, 0.5) is 0 Å². The number of halogens is 1. The van der Waals surface area contributed by atoms with E-state index in [0.717, 1.165) is 31.2 Å². The van der Waals surface area contributed by atoms with Gasteiger partial charge in [-0.1, -0.05) is 43.9 Å². The van der Waals surface area contributed by atoms with Crippen molar-refractivity contribution in [2.75, 3.05) is 0 Å². The molecule has 0 amide bonds. The van der Waals surface area contributed by atoms with E-state index in [0.29, 0.717) is 6.54 Å². The van der Waals surface area contributed by atoms with Crippen LogP contribution >= 0.6 is 11.6 Å². The molecule has 1 rings (SSSR count). The lowest BCUT2D eigenvalue weighted by atomic mass is 10.1. The summed E-state index contributed by atoms with van der Waals surface area (Å²) in [6.07, 6.45) is 4.06. The summed E-state index contributed by atoms with van der Waals surface area (Å²) < 4.78 is 27.2. The average Bonchev–Trinajstić information content (AvgIpc) is 2.37. The van der Waals surface area contributed by atoms with Gasteiger partial charge in [0.05, 0.1) is 5.02 Å². The van der Waals surface area contributed by atoms with Crippen LogP contribution in [0.2, 0.25) is 5.02 Å². The Balaban J connectivity index is 2.78. The predicted octanol–water partition coefficient (Wildman–Crippen LogP) is 3.05. The molecule has 0 spiro atoms. The Bertz CT molecular complexity index is 532. The van der Waals surface area contributed by atoms with Gasteiger partial charge in [-0.3, -0.25) is 0 Å². The maximum atomic E-state index is 12.3. The van der Waals surface area contributed by atoms with Crippen LogP contribution in [0.1, 0.15) is 45.1 Å². The number of nitrogens with one attached hydrogen (secondary N) is 1. The molecule has 0 aliphatic rings. The minimum atomic E-state index is -3.58. The zero-order valence-electron chi connectivity index (χ0n) is 12.0. The normalized spacial score (nSPS) is 13.4. The van der Waals surface area contributed by atoms with Crippen LogP contribution < -0.4 is 10.5 Å². The first-order valence-corrected chi connectivity index (χ1v) is 8.77. The average molecular weight is 319 g/mol. The third kappa shape index (κ3) is 5.05. The Kier molecular flexibility index (Phi) is 6.95. The van der Waals surface area contributed by atoms with Crippen LogP contribution in [0.25, 0.3) is 0 Å². The first-order valence-electron chi connectivity index (χ1n) is 6.91. The van der Waals surface area contributed by atoms with Crippen LogP contribution in [0.3, 0.4) is 0 Å². The van der Waals surface area contributed by atoms with Gasteiger partial charge < -0.3 is 5.73 Å². The van der Waals surface area contributed by atoms with Crippen molar-refractivity contribution >= 4 is 21.6 Å². The van der Waals surface area contributed by atoms with E-state index >= 15 is 0 Å². The maximum absolute atomic E-state index is 12.3. The number of hydrogen-bond acceptors (Lipinski definition) is 3. The molecule has 1 unspecified atom stereocenters. The smallest absolute Gasteiger partial charge is 0.242 e. The number of unbranched alkanes of at least 4 members (excludes halogenated alkanes) is 2. The lowest BCUT2D eigenvalue weighted by Gasteiger charge is -2.15. The predicted molar refractivity (Wildman–Crippen MR) is 83.3 cm³/mol. The van der Waals surface area contributed by atoms with Gasteiger partial charge in [-0.2, -0.15) is 0 Å². The molecule has 114 valence electrons. The van der Waals surface area contributed by atoms with Crippen LogP contribution in [-0.2, 0) is 16.6 Å². The Hall–Kier alpha value is -0.620. The molecular weight excluding hydrogens is 296 g/mol. The standard InChI is InChI=1S/C14H23ClN2O2S/c1-3-4-5-6-11(2)17-20(18,19)14-8-7-12(10-16)9-13(14)15/h7-9,11,17H,3-6,10,16H2,1-2H3. The van der Waals surface area contributed by atoms with Crippen molar-refractivity contribution in [3.05, 3.63) is 28.8 Å². The lowest BCUT2D eigenvalue weighted by Crippen LogP contribution is -2.32. The van der Waals surface area contributed by atoms with E-state index in [1.165, 1.54) is 6.07 Å². The quantitative estimate of drug-likeness (QED) is 0.724. The van der Waals surface area contributed by atoms with Gasteiger partial charge in [-0.25, -0.2) is 13.1 Å². The molecule has 0 saturated heterocycles. The highest BCUT2D eigenvalue weighted by Crippen LogP contribution is 2.23. The number of rotatable bonds is 8. The van der Waals surface area contributed by atoms with Gasteiger partial charge in [-0.05, 0) is 31.0 Å². The van der Waals surface area contributed by atoms with E-state index in [1.807, 2.05) is 6.92 Å². The molecule has 0 saturated carbocycles. The molecule has 0 radical (unpaired) electrons. The lowest BCUT2D eigenvalue weighted by molar-refractivity contribution is 0.527. The SMILES string of the molecule is CCCCCC(C)NS(=O)(=O)c1ccc(CN)cc1Cl. The molecule has 0 aliphatic carbocycles. The molecule has 0 fully saturated rings. The topological polar surface area (TPSA) is 72.2 Å². The number of sulfonamides is 1. The fourth-order valence-corrected chi connectivity index (χ4v) is 3.82. The van der Waals surface area contributed by atoms with Crippen molar-refractivity contribution in [1.82, 2.24) is 4.72 Å². The minimum absolute atomic E-state index is 0.100. The van der Waals surface area contributed by atoms with Gasteiger partial charge >= 0.3 is 0 Å². The monoisotopic (exact) mass is 318 g/mol. The van der Waals surface area contributed by atoms with Crippen molar-refractivity contribution < 1.29 is 8.42 Å². The Morgan fingerprint density at radius 3 is 2.60 bits per heavy atom. The Morgan fingerprint density at radius 1 is 1.35 bits per heavy atom. The molecule has 3 N–H and O–H groups in total. The van der Waals surface area contributed by atoms with E-state index in [9.17, 15) is 8.42 Å². The van der Waals surface area contributed by atoms with Crippen LogP contribution in [0, 0.1) is 0 Å². The number of nitrogens with two attached hydrogens (primary N) is 1. The van der Waals surface area contributed by atoms with Crippen molar-refractivity contribution in [2.24, 2.45) is 5.73 Å². The van der Waals surface area contributed by atoms with Crippen molar-refractivity contribution in [2.45, 2.75) is 57.0 Å². The summed E-state index contributed by atoms with van der Waals surface area (Å²) in [7, 11) is -3.58. The van der Waals surface area contributed by atoms with E-state index < -0.39 is 10.0 Å². The highest BCUT2D eigenvalue weighted by Gasteiger charge is 2.20. The van der Waals surface area contributed by atoms with E-state index in [2.05, 4.69) is 11.6 Å².